The van der Waals surface area contributed by atoms with Gasteiger partial charge in [0.2, 0.25) is 6.10 Å². The van der Waals surface area contributed by atoms with Crippen molar-refractivity contribution in [3.8, 4) is 0 Å². The van der Waals surface area contributed by atoms with Crippen molar-refractivity contribution in [1.29, 1.82) is 0 Å². The summed E-state index contributed by atoms with van der Waals surface area (Å²) in [5.41, 5.74) is 0.247. The first-order chi connectivity index (χ1) is 21.0. The van der Waals surface area contributed by atoms with Crippen molar-refractivity contribution in [2.45, 2.75) is 45.4 Å². The molecule has 0 unspecified atom stereocenters. The molecule has 0 fully saturated rings. The van der Waals surface area contributed by atoms with Crippen LogP contribution in [0.1, 0.15) is 51.8 Å². The number of benzene rings is 3. The molecule has 12 nitrogen and oxygen atoms in total. The fraction of sp³-hybridized carbons (Fsp3) is 0.250. The van der Waals surface area contributed by atoms with Crippen LogP contribution in [0.4, 0.5) is 0 Å². The Morgan fingerprint density at radius 3 is 1.23 bits per heavy atom. The molecule has 12 heteroatoms. The Labute approximate surface area is 252 Å². The van der Waals surface area contributed by atoms with E-state index in [1.54, 1.807) is 54.6 Å². The van der Waals surface area contributed by atoms with Crippen molar-refractivity contribution in [2.75, 3.05) is 6.61 Å². The predicted molar refractivity (Wildman–Crippen MR) is 151 cm³/mol. The third kappa shape index (κ3) is 10.1. The van der Waals surface area contributed by atoms with Crippen LogP contribution in [0.2, 0.25) is 0 Å². The van der Waals surface area contributed by atoms with Gasteiger partial charge in [-0.2, -0.15) is 0 Å². The highest BCUT2D eigenvalue weighted by atomic mass is 16.7. The largest absolute Gasteiger partial charge is 0.458 e. The van der Waals surface area contributed by atoms with Crippen molar-refractivity contribution >= 4 is 35.8 Å². The minimum atomic E-state index is -1.99. The second-order valence-corrected chi connectivity index (χ2v) is 9.17. The van der Waals surface area contributed by atoms with Crippen LogP contribution in [0.15, 0.2) is 91.0 Å². The summed E-state index contributed by atoms with van der Waals surface area (Å²) in [5.74, 6) is -5.59. The molecule has 0 aliphatic rings. The zero-order chi connectivity index (χ0) is 32.1. The van der Waals surface area contributed by atoms with Gasteiger partial charge in [0.25, 0.3) is 6.29 Å². The Morgan fingerprint density at radius 2 is 0.841 bits per heavy atom. The number of ether oxygens (including phenoxy) is 6. The van der Waals surface area contributed by atoms with E-state index in [0.717, 1.165) is 20.8 Å². The second kappa shape index (κ2) is 16.2. The molecule has 3 aromatic carbocycles. The maximum atomic E-state index is 13.3. The topological polar surface area (TPSA) is 158 Å². The van der Waals surface area contributed by atoms with Gasteiger partial charge in [0.05, 0.1) is 16.7 Å². The first kappa shape index (κ1) is 33.0. The zero-order valence-corrected chi connectivity index (χ0v) is 24.1. The third-order valence-electron chi connectivity index (χ3n) is 5.73. The fourth-order valence-corrected chi connectivity index (χ4v) is 3.87. The van der Waals surface area contributed by atoms with E-state index >= 15 is 0 Å². The highest BCUT2D eigenvalue weighted by Crippen LogP contribution is 2.23. The van der Waals surface area contributed by atoms with Crippen LogP contribution in [0.25, 0.3) is 0 Å². The number of rotatable bonds is 13. The van der Waals surface area contributed by atoms with Gasteiger partial charge in [-0.25, -0.2) is 14.4 Å². The summed E-state index contributed by atoms with van der Waals surface area (Å²) < 4.78 is 32.5. The van der Waals surface area contributed by atoms with E-state index in [1.807, 2.05) is 0 Å². The fourth-order valence-electron chi connectivity index (χ4n) is 3.87. The highest BCUT2D eigenvalue weighted by molar-refractivity contribution is 5.91. The number of hydrogen-bond donors (Lipinski definition) is 0. The summed E-state index contributed by atoms with van der Waals surface area (Å²) in [6.45, 7) is 2.33. The first-order valence-corrected chi connectivity index (χ1v) is 13.3. The lowest BCUT2D eigenvalue weighted by Gasteiger charge is -2.35. The van der Waals surface area contributed by atoms with Crippen molar-refractivity contribution in [3.05, 3.63) is 108 Å². The Hall–Kier alpha value is -5.52. The lowest BCUT2D eigenvalue weighted by molar-refractivity contribution is -0.225. The van der Waals surface area contributed by atoms with E-state index in [4.69, 9.17) is 28.4 Å². The van der Waals surface area contributed by atoms with E-state index in [9.17, 15) is 28.8 Å². The molecule has 0 aromatic heterocycles. The van der Waals surface area contributed by atoms with E-state index in [-0.39, 0.29) is 16.7 Å². The molecule has 3 atom stereocenters. The van der Waals surface area contributed by atoms with Crippen LogP contribution in [0.5, 0.6) is 0 Å². The molecule has 0 saturated heterocycles. The van der Waals surface area contributed by atoms with E-state index in [1.165, 1.54) is 36.4 Å². The monoisotopic (exact) mass is 606 g/mol. The highest BCUT2D eigenvalue weighted by Gasteiger charge is 2.46. The Kier molecular flexibility index (Phi) is 12.1. The Balaban J connectivity index is 2.10. The van der Waals surface area contributed by atoms with Crippen LogP contribution in [-0.2, 0) is 42.8 Å². The smallest absolute Gasteiger partial charge is 0.338 e. The first-order valence-electron chi connectivity index (χ1n) is 13.3. The Morgan fingerprint density at radius 1 is 0.477 bits per heavy atom. The maximum Gasteiger partial charge on any atom is 0.338 e. The van der Waals surface area contributed by atoms with Gasteiger partial charge in [-0.05, 0) is 36.4 Å². The molecule has 3 rings (SSSR count). The summed E-state index contributed by atoms with van der Waals surface area (Å²) in [5, 5.41) is 0. The normalized spacial score (nSPS) is 12.5. The average Bonchev–Trinajstić information content (AvgIpc) is 3.01. The van der Waals surface area contributed by atoms with Crippen molar-refractivity contribution in [2.24, 2.45) is 0 Å². The second-order valence-electron chi connectivity index (χ2n) is 9.17. The van der Waals surface area contributed by atoms with Crippen LogP contribution in [-0.4, -0.2) is 67.0 Å². The van der Waals surface area contributed by atoms with E-state index < -0.39 is 67.0 Å². The van der Waals surface area contributed by atoms with Crippen molar-refractivity contribution in [1.82, 2.24) is 0 Å². The van der Waals surface area contributed by atoms with Crippen LogP contribution < -0.4 is 0 Å². The molecule has 44 heavy (non-hydrogen) atoms. The lowest BCUT2D eigenvalue weighted by atomic mass is 10.1. The predicted octanol–water partition coefficient (Wildman–Crippen LogP) is 3.68. The molecule has 0 heterocycles. The van der Waals surface area contributed by atoms with Gasteiger partial charge >= 0.3 is 35.8 Å². The molecule has 0 bridgehead atoms. The minimum Gasteiger partial charge on any atom is -0.458 e. The summed E-state index contributed by atoms with van der Waals surface area (Å²) in [6.07, 6.45) is -7.43. The molecule has 0 spiro atoms. The van der Waals surface area contributed by atoms with Gasteiger partial charge in [0, 0.05) is 20.8 Å². The number of esters is 6. The molecule has 0 aliphatic heterocycles. The van der Waals surface area contributed by atoms with Gasteiger partial charge in [0.15, 0.2) is 12.2 Å². The van der Waals surface area contributed by atoms with Gasteiger partial charge in [-0.15, -0.1) is 0 Å². The number of carbonyl (C=O) groups is 6. The van der Waals surface area contributed by atoms with Crippen LogP contribution in [0.3, 0.4) is 0 Å². The SMILES string of the molecule is CC(=O)OC(OC(C)=O)[C@@H](OC(=O)c1ccccc1)[C@@H](OC(=O)c1ccccc1)[C@H](COC(=O)c1ccccc1)OC(C)=O. The van der Waals surface area contributed by atoms with Crippen molar-refractivity contribution < 1.29 is 57.2 Å². The van der Waals surface area contributed by atoms with Gasteiger partial charge in [-0.1, -0.05) is 54.6 Å². The lowest BCUT2D eigenvalue weighted by Crippen LogP contribution is -2.54. The molecule has 0 radical (unpaired) electrons. The van der Waals surface area contributed by atoms with Crippen LogP contribution >= 0.6 is 0 Å². The maximum absolute atomic E-state index is 13.3. The number of carbonyl (C=O) groups excluding carboxylic acids is 6. The quantitative estimate of drug-likeness (QED) is 0.158. The standard InChI is InChI=1S/C32H30O12/c1-20(33)40-26(19-39-29(36)23-13-7-4-8-14-23)27(43-30(37)24-15-9-5-10-16-24)28(32(41-21(2)34)42-22(3)35)44-31(38)25-17-11-6-12-18-25/h4-18,26-28,32H,19H2,1-3H3/t26-,27-,28-/m0/s1. The molecule has 0 saturated carbocycles. The molecule has 230 valence electrons. The summed E-state index contributed by atoms with van der Waals surface area (Å²) in [4.78, 5) is 75.7. The zero-order valence-electron chi connectivity index (χ0n) is 24.1. The Bertz CT molecular complexity index is 1420. The summed E-state index contributed by atoms with van der Waals surface area (Å²) in [7, 11) is 0. The van der Waals surface area contributed by atoms with Crippen molar-refractivity contribution in [3.63, 3.8) is 0 Å². The van der Waals surface area contributed by atoms with Crippen LogP contribution in [0, 0.1) is 0 Å². The average molecular weight is 607 g/mol. The van der Waals surface area contributed by atoms with E-state index in [2.05, 4.69) is 0 Å². The summed E-state index contributed by atoms with van der Waals surface area (Å²) >= 11 is 0. The molecule has 0 amide bonds. The van der Waals surface area contributed by atoms with Gasteiger partial charge < -0.3 is 28.4 Å². The molecular weight excluding hydrogens is 576 g/mol. The third-order valence-corrected chi connectivity index (χ3v) is 5.73. The number of hydrogen-bond acceptors (Lipinski definition) is 12. The molecule has 0 N–H and O–H groups in total. The van der Waals surface area contributed by atoms with E-state index in [0.29, 0.717) is 0 Å². The summed E-state index contributed by atoms with van der Waals surface area (Å²) in [6, 6.07) is 23.1. The molecule has 0 aliphatic carbocycles. The van der Waals surface area contributed by atoms with Gasteiger partial charge in [0.1, 0.15) is 6.61 Å². The van der Waals surface area contributed by atoms with Gasteiger partial charge in [-0.3, -0.25) is 14.4 Å². The molecular formula is C32H30O12. The minimum absolute atomic E-state index is 0.0366. The molecule has 3 aromatic rings.